The fourth-order valence-electron chi connectivity index (χ4n) is 2.11. The third kappa shape index (κ3) is 3.58. The molecule has 1 atom stereocenters. The van der Waals surface area contributed by atoms with E-state index in [1.165, 1.54) is 18.2 Å². The second-order valence-electron chi connectivity index (χ2n) is 4.79. The van der Waals surface area contributed by atoms with Crippen molar-refractivity contribution in [1.82, 2.24) is 0 Å². The van der Waals surface area contributed by atoms with E-state index in [0.717, 1.165) is 32.6 Å². The molecule has 0 saturated carbocycles. The molecule has 1 aliphatic heterocycles. The molecule has 24 heavy (non-hydrogen) atoms. The van der Waals surface area contributed by atoms with E-state index in [2.05, 4.69) is 9.47 Å². The molecule has 0 amide bonds. The number of halogens is 3. The van der Waals surface area contributed by atoms with Gasteiger partial charge in [0.1, 0.15) is 0 Å². The first-order valence-electron chi connectivity index (χ1n) is 6.69. The number of alkyl halides is 3. The molecule has 0 bridgehead atoms. The maximum absolute atomic E-state index is 12.6. The van der Waals surface area contributed by atoms with Crippen LogP contribution in [0.25, 0.3) is 0 Å². The Morgan fingerprint density at radius 2 is 1.62 bits per heavy atom. The van der Waals surface area contributed by atoms with Gasteiger partial charge in [0.25, 0.3) is 0 Å². The zero-order chi connectivity index (χ0) is 17.9. The Balaban J connectivity index is 2.36. The van der Waals surface area contributed by atoms with Gasteiger partial charge >= 0.3 is 18.1 Å². The number of hydrogen-bond acceptors (Lipinski definition) is 5. The summed E-state index contributed by atoms with van der Waals surface area (Å²) < 4.78 is 52.4. The third-order valence-electron chi connectivity index (χ3n) is 3.31. The summed E-state index contributed by atoms with van der Waals surface area (Å²) in [6, 6.07) is 4.16. The predicted molar refractivity (Wildman–Crippen MR) is 75.5 cm³/mol. The van der Waals surface area contributed by atoms with Crippen molar-refractivity contribution in [3.05, 3.63) is 58.9 Å². The van der Waals surface area contributed by atoms with Gasteiger partial charge in [-0.25, -0.2) is 9.59 Å². The monoisotopic (exact) mass is 342 g/mol. The van der Waals surface area contributed by atoms with E-state index >= 15 is 0 Å². The number of carbonyl (C=O) groups is 2. The number of ether oxygens (including phenoxy) is 3. The van der Waals surface area contributed by atoms with E-state index in [0.29, 0.717) is 5.56 Å². The van der Waals surface area contributed by atoms with E-state index in [-0.39, 0.29) is 11.1 Å². The average Bonchev–Trinajstić information content (AvgIpc) is 2.59. The van der Waals surface area contributed by atoms with Crippen molar-refractivity contribution in [2.75, 3.05) is 14.2 Å². The van der Waals surface area contributed by atoms with E-state index < -0.39 is 29.8 Å². The number of hydrogen-bond donors (Lipinski definition) is 0. The summed E-state index contributed by atoms with van der Waals surface area (Å²) in [4.78, 5) is 23.4. The molecule has 0 N–H and O–H groups in total. The van der Waals surface area contributed by atoms with Crippen molar-refractivity contribution in [2.45, 2.75) is 12.3 Å². The fraction of sp³-hybridized carbons (Fsp3) is 0.250. The molecule has 0 radical (unpaired) electrons. The topological polar surface area (TPSA) is 61.8 Å². The SMILES string of the molecule is COC(=O)C1=COC(c2ccc(C(F)(F)F)cc2)C(C(=O)OC)=C1. The van der Waals surface area contributed by atoms with Crippen molar-refractivity contribution in [3.8, 4) is 0 Å². The number of methoxy groups -OCH3 is 2. The Kier molecular flexibility index (Phi) is 4.96. The van der Waals surface area contributed by atoms with Gasteiger partial charge in [-0.15, -0.1) is 0 Å². The highest BCUT2D eigenvalue weighted by Crippen LogP contribution is 2.34. The molecule has 128 valence electrons. The highest BCUT2D eigenvalue weighted by atomic mass is 19.4. The Hall–Kier alpha value is -2.77. The number of carbonyl (C=O) groups excluding carboxylic acids is 2. The van der Waals surface area contributed by atoms with Gasteiger partial charge in [-0.1, -0.05) is 12.1 Å². The Bertz CT molecular complexity index is 701. The molecule has 1 aromatic rings. The molecule has 0 fully saturated rings. The van der Waals surface area contributed by atoms with Crippen LogP contribution >= 0.6 is 0 Å². The van der Waals surface area contributed by atoms with Crippen LogP contribution in [0, 0.1) is 0 Å². The average molecular weight is 342 g/mol. The zero-order valence-electron chi connectivity index (χ0n) is 12.7. The standard InChI is InChI=1S/C16H13F3O5/c1-22-14(20)10-7-12(15(21)23-2)13(24-8-10)9-3-5-11(6-4-9)16(17,18)19/h3-8,13H,1-2H3. The number of benzene rings is 1. The highest BCUT2D eigenvalue weighted by Gasteiger charge is 2.32. The summed E-state index contributed by atoms with van der Waals surface area (Å²) in [6.07, 6.45) is -3.15. The molecule has 0 aromatic heterocycles. The molecule has 0 aliphatic carbocycles. The molecule has 8 heteroatoms. The molecule has 1 aliphatic rings. The van der Waals surface area contributed by atoms with Crippen molar-refractivity contribution >= 4 is 11.9 Å². The van der Waals surface area contributed by atoms with Crippen LogP contribution < -0.4 is 0 Å². The quantitative estimate of drug-likeness (QED) is 0.791. The smallest absolute Gasteiger partial charge is 0.416 e. The molecule has 1 heterocycles. The lowest BCUT2D eigenvalue weighted by Gasteiger charge is -2.23. The number of esters is 2. The van der Waals surface area contributed by atoms with Crippen LogP contribution in [0.2, 0.25) is 0 Å². The van der Waals surface area contributed by atoms with Gasteiger partial charge in [0.2, 0.25) is 0 Å². The minimum Gasteiger partial charge on any atom is -0.487 e. The molecule has 1 unspecified atom stereocenters. The fourth-order valence-corrected chi connectivity index (χ4v) is 2.11. The van der Waals surface area contributed by atoms with Crippen LogP contribution in [0.4, 0.5) is 13.2 Å². The summed E-state index contributed by atoms with van der Waals surface area (Å²) in [6.45, 7) is 0. The van der Waals surface area contributed by atoms with E-state index in [4.69, 9.17) is 4.74 Å². The van der Waals surface area contributed by atoms with E-state index in [1.54, 1.807) is 0 Å². The summed E-state index contributed by atoms with van der Waals surface area (Å²) in [7, 11) is 2.31. The highest BCUT2D eigenvalue weighted by molar-refractivity contribution is 5.97. The van der Waals surface area contributed by atoms with Crippen LogP contribution in [0.15, 0.2) is 47.7 Å². The molecule has 0 spiro atoms. The minimum atomic E-state index is -4.47. The molecule has 1 aromatic carbocycles. The molecule has 0 saturated heterocycles. The Morgan fingerprint density at radius 3 is 2.12 bits per heavy atom. The maximum atomic E-state index is 12.6. The van der Waals surface area contributed by atoms with Crippen LogP contribution in [0.5, 0.6) is 0 Å². The second kappa shape index (κ2) is 6.77. The van der Waals surface area contributed by atoms with Gasteiger partial charge in [-0.2, -0.15) is 13.2 Å². The second-order valence-corrected chi connectivity index (χ2v) is 4.79. The lowest BCUT2D eigenvalue weighted by molar-refractivity contribution is -0.139. The van der Waals surface area contributed by atoms with Crippen molar-refractivity contribution in [2.24, 2.45) is 0 Å². The van der Waals surface area contributed by atoms with Gasteiger partial charge < -0.3 is 14.2 Å². The first-order chi connectivity index (χ1) is 11.3. The zero-order valence-corrected chi connectivity index (χ0v) is 12.7. The minimum absolute atomic E-state index is 0.0129. The van der Waals surface area contributed by atoms with Gasteiger partial charge in [0.15, 0.2) is 6.10 Å². The number of rotatable bonds is 3. The van der Waals surface area contributed by atoms with Gasteiger partial charge in [-0.05, 0) is 23.8 Å². The van der Waals surface area contributed by atoms with Crippen LogP contribution in [0.3, 0.4) is 0 Å². The summed E-state index contributed by atoms with van der Waals surface area (Å²) in [5.41, 5.74) is -0.558. The molecule has 2 rings (SSSR count). The largest absolute Gasteiger partial charge is 0.487 e. The van der Waals surface area contributed by atoms with Crippen molar-refractivity contribution < 1.29 is 37.0 Å². The van der Waals surface area contributed by atoms with Gasteiger partial charge in [0, 0.05) is 0 Å². The van der Waals surface area contributed by atoms with Crippen LogP contribution in [-0.2, 0) is 30.0 Å². The van der Waals surface area contributed by atoms with Gasteiger partial charge in [-0.3, -0.25) is 0 Å². The van der Waals surface area contributed by atoms with E-state index in [9.17, 15) is 22.8 Å². The Labute approximate surface area is 135 Å². The lowest BCUT2D eigenvalue weighted by Crippen LogP contribution is -2.20. The van der Waals surface area contributed by atoms with Crippen LogP contribution in [0.1, 0.15) is 17.2 Å². The van der Waals surface area contributed by atoms with Crippen LogP contribution in [-0.4, -0.2) is 26.2 Å². The summed E-state index contributed by atoms with van der Waals surface area (Å²) >= 11 is 0. The summed E-state index contributed by atoms with van der Waals surface area (Å²) in [5.74, 6) is -1.49. The van der Waals surface area contributed by atoms with E-state index in [1.807, 2.05) is 0 Å². The van der Waals surface area contributed by atoms with Crippen molar-refractivity contribution in [1.29, 1.82) is 0 Å². The first-order valence-corrected chi connectivity index (χ1v) is 6.69. The molecular formula is C16H13F3O5. The summed E-state index contributed by atoms with van der Waals surface area (Å²) in [5, 5.41) is 0. The first kappa shape index (κ1) is 17.6. The van der Waals surface area contributed by atoms with Crippen molar-refractivity contribution in [3.63, 3.8) is 0 Å². The molecular weight excluding hydrogens is 329 g/mol. The maximum Gasteiger partial charge on any atom is 0.416 e. The van der Waals surface area contributed by atoms with Gasteiger partial charge in [0.05, 0.1) is 37.2 Å². The molecule has 5 nitrogen and oxygen atoms in total. The third-order valence-corrected chi connectivity index (χ3v) is 3.31. The lowest BCUT2D eigenvalue weighted by atomic mass is 9.96. The predicted octanol–water partition coefficient (Wildman–Crippen LogP) is 2.93. The normalized spacial score (nSPS) is 17.3. The Morgan fingerprint density at radius 1 is 1.04 bits per heavy atom.